The first-order valence-corrected chi connectivity index (χ1v) is 7.49. The van der Waals surface area contributed by atoms with Crippen LogP contribution in [0.15, 0.2) is 36.5 Å². The molecule has 1 aromatic carbocycles. The number of nitrogens with zero attached hydrogens (tertiary/aromatic N) is 4. The number of nitrogens with two attached hydrogens (primary N) is 1. The summed E-state index contributed by atoms with van der Waals surface area (Å²) in [5.74, 6) is -0.0727. The summed E-state index contributed by atoms with van der Waals surface area (Å²) in [6.45, 7) is 6.11. The summed E-state index contributed by atoms with van der Waals surface area (Å²) in [6.07, 6.45) is 1.67. The van der Waals surface area contributed by atoms with E-state index in [9.17, 15) is 4.79 Å². The van der Waals surface area contributed by atoms with Gasteiger partial charge in [-0.15, -0.1) is 5.10 Å². The first-order chi connectivity index (χ1) is 10.5. The summed E-state index contributed by atoms with van der Waals surface area (Å²) in [7, 11) is 0. The minimum Gasteiger partial charge on any atom is -0.329 e. The Hall–Kier alpha value is -2.21. The second-order valence-electron chi connectivity index (χ2n) is 6.39. The molecule has 0 bridgehead atoms. The zero-order valence-electron chi connectivity index (χ0n) is 12.9. The van der Waals surface area contributed by atoms with Crippen LogP contribution in [0.2, 0.25) is 0 Å². The summed E-state index contributed by atoms with van der Waals surface area (Å²) in [5, 5.41) is 7.92. The summed E-state index contributed by atoms with van der Waals surface area (Å²) in [4.78, 5) is 14.6. The van der Waals surface area contributed by atoms with Crippen LogP contribution in [0.3, 0.4) is 0 Å². The molecule has 1 amide bonds. The van der Waals surface area contributed by atoms with Crippen LogP contribution < -0.4 is 5.73 Å². The van der Waals surface area contributed by atoms with E-state index in [0.717, 1.165) is 12.1 Å². The van der Waals surface area contributed by atoms with Crippen molar-refractivity contribution in [2.75, 3.05) is 13.1 Å². The Morgan fingerprint density at radius 3 is 2.73 bits per heavy atom. The van der Waals surface area contributed by atoms with Crippen molar-refractivity contribution in [1.82, 2.24) is 19.9 Å². The maximum Gasteiger partial charge on any atom is 0.276 e. The van der Waals surface area contributed by atoms with Gasteiger partial charge in [-0.25, -0.2) is 0 Å². The highest BCUT2D eigenvalue weighted by Gasteiger charge is 2.49. The quantitative estimate of drug-likeness (QED) is 0.927. The molecule has 0 spiro atoms. The van der Waals surface area contributed by atoms with Gasteiger partial charge in [-0.3, -0.25) is 9.48 Å². The molecule has 2 heterocycles. The van der Waals surface area contributed by atoms with E-state index in [1.807, 2.05) is 23.1 Å². The standard InChI is InChI=1S/C16H21N5O/c1-16(2)11-21(14(16)12-6-4-3-5-7-12)15(22)13-10-20(9-8-17)19-18-13/h3-7,10,14H,8-9,11,17H2,1-2H3. The van der Waals surface area contributed by atoms with Gasteiger partial charge in [0.25, 0.3) is 5.91 Å². The van der Waals surface area contributed by atoms with E-state index in [-0.39, 0.29) is 17.4 Å². The van der Waals surface area contributed by atoms with Crippen LogP contribution in [0.25, 0.3) is 0 Å². The van der Waals surface area contributed by atoms with Gasteiger partial charge < -0.3 is 10.6 Å². The molecular weight excluding hydrogens is 278 g/mol. The molecule has 1 aromatic heterocycles. The molecule has 1 fully saturated rings. The molecule has 1 aliphatic heterocycles. The zero-order valence-corrected chi connectivity index (χ0v) is 12.9. The smallest absolute Gasteiger partial charge is 0.276 e. The van der Waals surface area contributed by atoms with Gasteiger partial charge in [0.2, 0.25) is 0 Å². The summed E-state index contributed by atoms with van der Waals surface area (Å²) >= 11 is 0. The average Bonchev–Trinajstić information content (AvgIpc) is 2.94. The minimum absolute atomic E-state index is 0.0598. The highest BCUT2D eigenvalue weighted by molar-refractivity contribution is 5.93. The van der Waals surface area contributed by atoms with E-state index in [1.165, 1.54) is 0 Å². The van der Waals surface area contributed by atoms with E-state index < -0.39 is 0 Å². The Bertz CT molecular complexity index is 664. The van der Waals surface area contributed by atoms with E-state index in [4.69, 9.17) is 5.73 Å². The second kappa shape index (κ2) is 5.53. The lowest BCUT2D eigenvalue weighted by Crippen LogP contribution is -2.57. The zero-order chi connectivity index (χ0) is 15.7. The van der Waals surface area contributed by atoms with Crippen LogP contribution in [0, 0.1) is 5.41 Å². The van der Waals surface area contributed by atoms with Gasteiger partial charge in [-0.05, 0) is 5.56 Å². The van der Waals surface area contributed by atoms with E-state index >= 15 is 0 Å². The fraction of sp³-hybridized carbons (Fsp3) is 0.438. The number of likely N-dealkylation sites (tertiary alicyclic amines) is 1. The molecule has 6 nitrogen and oxygen atoms in total. The first kappa shape index (κ1) is 14.7. The van der Waals surface area contributed by atoms with Crippen LogP contribution in [-0.2, 0) is 6.54 Å². The van der Waals surface area contributed by atoms with Crippen molar-refractivity contribution in [1.29, 1.82) is 0 Å². The Balaban J connectivity index is 1.83. The molecule has 0 saturated carbocycles. The van der Waals surface area contributed by atoms with Gasteiger partial charge in [0.05, 0.1) is 18.8 Å². The second-order valence-corrected chi connectivity index (χ2v) is 6.39. The SMILES string of the molecule is CC1(C)CN(C(=O)c2cn(CCN)nn2)C1c1ccccc1. The molecule has 22 heavy (non-hydrogen) atoms. The number of hydrogen-bond acceptors (Lipinski definition) is 4. The molecule has 1 unspecified atom stereocenters. The van der Waals surface area contributed by atoms with Crippen LogP contribution in [0.5, 0.6) is 0 Å². The van der Waals surface area contributed by atoms with Gasteiger partial charge >= 0.3 is 0 Å². The molecular formula is C16H21N5O. The third kappa shape index (κ3) is 2.50. The van der Waals surface area contributed by atoms with Crippen LogP contribution in [0.1, 0.15) is 35.9 Å². The van der Waals surface area contributed by atoms with Gasteiger partial charge in [-0.2, -0.15) is 0 Å². The molecule has 0 aliphatic carbocycles. The Morgan fingerprint density at radius 1 is 1.36 bits per heavy atom. The Kier molecular flexibility index (Phi) is 3.70. The van der Waals surface area contributed by atoms with Crippen LogP contribution >= 0.6 is 0 Å². The van der Waals surface area contributed by atoms with Crippen molar-refractivity contribution in [3.8, 4) is 0 Å². The van der Waals surface area contributed by atoms with Gasteiger partial charge in [0, 0.05) is 18.5 Å². The van der Waals surface area contributed by atoms with Crippen LogP contribution in [0.4, 0.5) is 0 Å². The number of benzene rings is 1. The highest BCUT2D eigenvalue weighted by atomic mass is 16.2. The third-order valence-electron chi connectivity index (χ3n) is 4.12. The number of rotatable bonds is 4. The van der Waals surface area contributed by atoms with Gasteiger partial charge in [-0.1, -0.05) is 49.4 Å². The molecule has 1 aliphatic rings. The number of carbonyl (C=O) groups is 1. The van der Waals surface area contributed by atoms with Gasteiger partial charge in [0.1, 0.15) is 0 Å². The van der Waals surface area contributed by atoms with E-state index in [1.54, 1.807) is 10.9 Å². The minimum atomic E-state index is -0.0727. The van der Waals surface area contributed by atoms with Crippen molar-refractivity contribution in [3.05, 3.63) is 47.8 Å². The molecule has 2 aromatic rings. The highest BCUT2D eigenvalue weighted by Crippen LogP contribution is 2.48. The number of carbonyl (C=O) groups excluding carboxylic acids is 1. The lowest BCUT2D eigenvalue weighted by molar-refractivity contribution is -0.0326. The van der Waals surface area contributed by atoms with Crippen molar-refractivity contribution < 1.29 is 4.79 Å². The molecule has 1 saturated heterocycles. The Labute approximate surface area is 129 Å². The predicted octanol–water partition coefficient (Wildman–Crippen LogP) is 1.46. The van der Waals surface area contributed by atoms with Crippen molar-refractivity contribution in [2.24, 2.45) is 11.1 Å². The fourth-order valence-electron chi connectivity index (χ4n) is 3.17. The van der Waals surface area contributed by atoms with Crippen LogP contribution in [-0.4, -0.2) is 38.9 Å². The summed E-state index contributed by atoms with van der Waals surface area (Å²) in [6, 6.07) is 10.2. The number of amides is 1. The number of aromatic nitrogens is 3. The molecule has 1 atom stereocenters. The monoisotopic (exact) mass is 299 g/mol. The maximum absolute atomic E-state index is 12.7. The van der Waals surface area contributed by atoms with E-state index in [0.29, 0.717) is 18.8 Å². The van der Waals surface area contributed by atoms with Crippen molar-refractivity contribution >= 4 is 5.91 Å². The molecule has 2 N–H and O–H groups in total. The molecule has 6 heteroatoms. The molecule has 0 radical (unpaired) electrons. The lowest BCUT2D eigenvalue weighted by Gasteiger charge is -2.54. The average molecular weight is 299 g/mol. The fourth-order valence-corrected chi connectivity index (χ4v) is 3.17. The Morgan fingerprint density at radius 2 is 2.09 bits per heavy atom. The molecule has 3 rings (SSSR count). The maximum atomic E-state index is 12.7. The summed E-state index contributed by atoms with van der Waals surface area (Å²) in [5.41, 5.74) is 7.09. The lowest BCUT2D eigenvalue weighted by atomic mass is 9.71. The largest absolute Gasteiger partial charge is 0.329 e. The van der Waals surface area contributed by atoms with Gasteiger partial charge in [0.15, 0.2) is 5.69 Å². The van der Waals surface area contributed by atoms with Crippen molar-refractivity contribution in [3.63, 3.8) is 0 Å². The normalized spacial score (nSPS) is 19.8. The topological polar surface area (TPSA) is 77.0 Å². The van der Waals surface area contributed by atoms with E-state index in [2.05, 4.69) is 36.3 Å². The number of hydrogen-bond donors (Lipinski definition) is 1. The predicted molar refractivity (Wildman–Crippen MR) is 83.1 cm³/mol. The molecule has 116 valence electrons. The third-order valence-corrected chi connectivity index (χ3v) is 4.12. The summed E-state index contributed by atoms with van der Waals surface area (Å²) < 4.78 is 1.61. The van der Waals surface area contributed by atoms with Crippen molar-refractivity contribution in [2.45, 2.75) is 26.4 Å². The first-order valence-electron chi connectivity index (χ1n) is 7.49.